The van der Waals surface area contributed by atoms with Crippen LogP contribution in [-0.2, 0) is 27.7 Å². The van der Waals surface area contributed by atoms with Crippen molar-refractivity contribution in [1.82, 2.24) is 9.47 Å². The lowest BCUT2D eigenvalue weighted by Crippen LogP contribution is -2.45. The maximum absolute atomic E-state index is 11.1. The highest BCUT2D eigenvalue weighted by Gasteiger charge is 2.39. The second-order valence-electron chi connectivity index (χ2n) is 6.99. The first-order chi connectivity index (χ1) is 12.6. The van der Waals surface area contributed by atoms with Gasteiger partial charge in [-0.15, -0.1) is 0 Å². The van der Waals surface area contributed by atoms with Crippen LogP contribution in [0.1, 0.15) is 23.7 Å². The molecule has 0 saturated heterocycles. The molecule has 26 heavy (non-hydrogen) atoms. The minimum absolute atomic E-state index is 0.332. The number of nitrogens with zero attached hydrogens (tertiary/aromatic N) is 2. The van der Waals surface area contributed by atoms with Crippen LogP contribution in [0.25, 0.3) is 10.9 Å². The van der Waals surface area contributed by atoms with E-state index < -0.39 is 5.97 Å². The number of para-hydroxylation sites is 1. The van der Waals surface area contributed by atoms with Crippen LogP contribution in [0.15, 0.2) is 48.3 Å². The SMILES string of the molecule is COC(=O)/C=C/OCC1=CC[C@H]2c3c(c4ccccc4n3C)C[C@@H]1N2C. The zero-order valence-corrected chi connectivity index (χ0v) is 15.4. The zero-order valence-electron chi connectivity index (χ0n) is 15.4. The second kappa shape index (κ2) is 6.65. The lowest BCUT2D eigenvalue weighted by molar-refractivity contribution is -0.134. The molecule has 2 aliphatic heterocycles. The van der Waals surface area contributed by atoms with Crippen molar-refractivity contribution in [1.29, 1.82) is 0 Å². The minimum atomic E-state index is -0.405. The maximum Gasteiger partial charge on any atom is 0.333 e. The summed E-state index contributed by atoms with van der Waals surface area (Å²) in [7, 11) is 5.73. The standard InChI is InChI=1S/C21H24N2O3/c1-22-18-9-8-14(13-26-11-10-20(24)25-3)19(22)12-16-15-6-4-5-7-17(15)23(2)21(16)18/h4-8,10-11,18-19H,9,12-13H2,1-3H3/b11-10+/t18-,19-/m0/s1. The Bertz CT molecular complexity index is 909. The smallest absolute Gasteiger partial charge is 0.333 e. The summed E-state index contributed by atoms with van der Waals surface area (Å²) in [5.74, 6) is -0.405. The number of aromatic nitrogens is 1. The Morgan fingerprint density at radius 1 is 1.27 bits per heavy atom. The van der Waals surface area contributed by atoms with E-state index in [1.54, 1.807) is 0 Å². The number of hydrogen-bond acceptors (Lipinski definition) is 4. The molecule has 1 aromatic heterocycles. The summed E-state index contributed by atoms with van der Waals surface area (Å²) in [6, 6.07) is 9.39. The van der Waals surface area contributed by atoms with Gasteiger partial charge in [0.1, 0.15) is 6.61 Å². The van der Waals surface area contributed by atoms with Crippen molar-refractivity contribution in [2.45, 2.75) is 24.9 Å². The molecule has 0 radical (unpaired) electrons. The van der Waals surface area contributed by atoms with Crippen LogP contribution in [0.4, 0.5) is 0 Å². The average molecular weight is 352 g/mol. The van der Waals surface area contributed by atoms with Crippen LogP contribution in [0.2, 0.25) is 0 Å². The summed E-state index contributed by atoms with van der Waals surface area (Å²) in [4.78, 5) is 13.6. The molecule has 0 N–H and O–H groups in total. The van der Waals surface area contributed by atoms with Crippen LogP contribution < -0.4 is 0 Å². The first-order valence-electron chi connectivity index (χ1n) is 8.95. The monoisotopic (exact) mass is 352 g/mol. The van der Waals surface area contributed by atoms with E-state index in [0.29, 0.717) is 18.7 Å². The molecule has 4 rings (SSSR count). The van der Waals surface area contributed by atoms with Crippen molar-refractivity contribution in [2.75, 3.05) is 20.8 Å². The number of benzene rings is 1. The molecular weight excluding hydrogens is 328 g/mol. The number of esters is 1. The predicted molar refractivity (Wildman–Crippen MR) is 101 cm³/mol. The number of fused-ring (bicyclic) bond motifs is 6. The number of methoxy groups -OCH3 is 1. The van der Waals surface area contributed by atoms with E-state index in [2.05, 4.69) is 58.6 Å². The molecule has 2 bridgehead atoms. The van der Waals surface area contributed by atoms with Crippen molar-refractivity contribution >= 4 is 16.9 Å². The number of ether oxygens (including phenoxy) is 2. The van der Waals surface area contributed by atoms with E-state index in [-0.39, 0.29) is 0 Å². The van der Waals surface area contributed by atoms with Gasteiger partial charge in [0.25, 0.3) is 0 Å². The van der Waals surface area contributed by atoms with E-state index in [4.69, 9.17) is 4.74 Å². The third kappa shape index (κ3) is 2.63. The fourth-order valence-corrected chi connectivity index (χ4v) is 4.42. The van der Waals surface area contributed by atoms with Crippen molar-refractivity contribution in [3.63, 3.8) is 0 Å². The van der Waals surface area contributed by atoms with Gasteiger partial charge in [0.05, 0.1) is 25.5 Å². The van der Waals surface area contributed by atoms with Gasteiger partial charge in [0.15, 0.2) is 0 Å². The fraction of sp³-hybridized carbons (Fsp3) is 0.381. The van der Waals surface area contributed by atoms with Crippen molar-refractivity contribution in [2.24, 2.45) is 7.05 Å². The third-order valence-corrected chi connectivity index (χ3v) is 5.74. The van der Waals surface area contributed by atoms with Crippen LogP contribution in [-0.4, -0.2) is 42.2 Å². The minimum Gasteiger partial charge on any atom is -0.497 e. The molecule has 3 heterocycles. The number of carbonyl (C=O) groups excluding carboxylic acids is 1. The molecule has 2 aliphatic rings. The van der Waals surface area contributed by atoms with Gasteiger partial charge in [-0.05, 0) is 37.1 Å². The topological polar surface area (TPSA) is 43.7 Å². The summed E-state index contributed by atoms with van der Waals surface area (Å²) in [5.41, 5.74) is 5.48. The number of aryl methyl sites for hydroxylation is 1. The third-order valence-electron chi connectivity index (χ3n) is 5.74. The number of rotatable bonds is 4. The molecule has 2 aromatic rings. The number of hydrogen-bond donors (Lipinski definition) is 0. The molecule has 5 nitrogen and oxygen atoms in total. The van der Waals surface area contributed by atoms with E-state index in [1.165, 1.54) is 47.2 Å². The Morgan fingerprint density at radius 3 is 2.88 bits per heavy atom. The first-order valence-corrected chi connectivity index (χ1v) is 8.95. The highest BCUT2D eigenvalue weighted by molar-refractivity contribution is 5.86. The second-order valence-corrected chi connectivity index (χ2v) is 6.99. The highest BCUT2D eigenvalue weighted by Crippen LogP contribution is 2.44. The maximum atomic E-state index is 11.1. The van der Waals surface area contributed by atoms with Gasteiger partial charge >= 0.3 is 5.97 Å². The van der Waals surface area contributed by atoms with Crippen LogP contribution in [0, 0.1) is 0 Å². The van der Waals surface area contributed by atoms with E-state index in [0.717, 1.165) is 12.8 Å². The lowest BCUT2D eigenvalue weighted by atomic mass is 9.83. The van der Waals surface area contributed by atoms with Gasteiger partial charge in [0, 0.05) is 29.7 Å². The zero-order chi connectivity index (χ0) is 18.3. The van der Waals surface area contributed by atoms with Gasteiger partial charge in [-0.2, -0.15) is 0 Å². The molecule has 1 aromatic carbocycles. The fourth-order valence-electron chi connectivity index (χ4n) is 4.42. The number of carbonyl (C=O) groups is 1. The van der Waals surface area contributed by atoms with E-state index in [9.17, 15) is 4.79 Å². The molecule has 0 aliphatic carbocycles. The Morgan fingerprint density at radius 2 is 2.08 bits per heavy atom. The molecular formula is C21H24N2O3. The lowest BCUT2D eigenvalue weighted by Gasteiger charge is -2.44. The Hall–Kier alpha value is -2.53. The van der Waals surface area contributed by atoms with Crippen molar-refractivity contribution < 1.29 is 14.3 Å². The van der Waals surface area contributed by atoms with E-state index >= 15 is 0 Å². The van der Waals surface area contributed by atoms with Gasteiger partial charge in [-0.3, -0.25) is 4.90 Å². The molecule has 0 fully saturated rings. The molecule has 136 valence electrons. The predicted octanol–water partition coefficient (Wildman–Crippen LogP) is 3.11. The summed E-state index contributed by atoms with van der Waals surface area (Å²) in [6.07, 6.45) is 7.00. The molecule has 0 amide bonds. The van der Waals surface area contributed by atoms with Crippen LogP contribution in [0.5, 0.6) is 0 Å². The Balaban J connectivity index is 1.60. The summed E-state index contributed by atoms with van der Waals surface area (Å²) >= 11 is 0. The molecule has 2 atom stereocenters. The summed E-state index contributed by atoms with van der Waals surface area (Å²) < 4.78 is 12.5. The molecule has 0 unspecified atom stereocenters. The van der Waals surface area contributed by atoms with Gasteiger partial charge in [-0.25, -0.2) is 4.79 Å². The summed E-state index contributed by atoms with van der Waals surface area (Å²) in [5, 5.41) is 1.36. The van der Waals surface area contributed by atoms with Gasteiger partial charge in [0.2, 0.25) is 0 Å². The average Bonchev–Trinajstić information content (AvgIpc) is 2.92. The van der Waals surface area contributed by atoms with Crippen LogP contribution >= 0.6 is 0 Å². The van der Waals surface area contributed by atoms with Crippen molar-refractivity contribution in [3.8, 4) is 0 Å². The molecule has 0 spiro atoms. The van der Waals surface area contributed by atoms with Gasteiger partial charge in [-0.1, -0.05) is 24.3 Å². The largest absolute Gasteiger partial charge is 0.497 e. The summed E-state index contributed by atoms with van der Waals surface area (Å²) in [6.45, 7) is 0.495. The molecule has 0 saturated carbocycles. The van der Waals surface area contributed by atoms with E-state index in [1.807, 2.05) is 0 Å². The normalized spacial score (nSPS) is 22.3. The van der Waals surface area contributed by atoms with Gasteiger partial charge < -0.3 is 14.0 Å². The quantitative estimate of drug-likeness (QED) is 0.367. The number of likely N-dealkylation sites (N-methyl/N-ethyl adjacent to an activating group) is 1. The highest BCUT2D eigenvalue weighted by atomic mass is 16.5. The Labute approximate surface area is 153 Å². The van der Waals surface area contributed by atoms with Crippen molar-refractivity contribution in [3.05, 3.63) is 59.5 Å². The molecule has 5 heteroatoms. The first kappa shape index (κ1) is 16.9. The Kier molecular flexibility index (Phi) is 4.32. The van der Waals surface area contributed by atoms with Crippen LogP contribution in [0.3, 0.4) is 0 Å².